The van der Waals surface area contributed by atoms with Crippen LogP contribution in [0.2, 0.25) is 0 Å². The Morgan fingerprint density at radius 2 is 1.40 bits per heavy atom. The van der Waals surface area contributed by atoms with E-state index in [9.17, 15) is 0 Å². The van der Waals surface area contributed by atoms with Gasteiger partial charge in [0.05, 0.1) is 0 Å². The van der Waals surface area contributed by atoms with E-state index >= 15 is 0 Å². The van der Waals surface area contributed by atoms with Crippen LogP contribution >= 0.6 is 0 Å². The molecule has 0 saturated carbocycles. The van der Waals surface area contributed by atoms with Gasteiger partial charge in [0.2, 0.25) is 0 Å². The molecule has 2 aromatic carbocycles. The van der Waals surface area contributed by atoms with Crippen molar-refractivity contribution in [1.29, 1.82) is 0 Å². The Hall–Kier alpha value is -1.96. The molecule has 2 aromatic rings. The first kappa shape index (κ1) is 14.4. The number of hydrogen-bond acceptors (Lipinski definition) is 2. The van der Waals surface area contributed by atoms with Crippen LogP contribution in [0.5, 0.6) is 0 Å². The van der Waals surface area contributed by atoms with Crippen molar-refractivity contribution in [1.82, 2.24) is 0 Å². The van der Waals surface area contributed by atoms with E-state index in [0.29, 0.717) is 0 Å². The topological polar surface area (TPSA) is 29.3 Å². The summed E-state index contributed by atoms with van der Waals surface area (Å²) in [6.45, 7) is 9.67. The van der Waals surface area contributed by atoms with E-state index in [2.05, 4.69) is 57.8 Å². The summed E-state index contributed by atoms with van der Waals surface area (Å²) in [6.07, 6.45) is 0. The van der Waals surface area contributed by atoms with E-state index < -0.39 is 0 Å². The molecular formula is C18H24N2. The van der Waals surface area contributed by atoms with Crippen LogP contribution in [0, 0.1) is 27.7 Å². The van der Waals surface area contributed by atoms with Gasteiger partial charge in [0.15, 0.2) is 0 Å². The molecule has 0 atom stereocenters. The van der Waals surface area contributed by atoms with Gasteiger partial charge in [-0.3, -0.25) is 0 Å². The molecule has 0 spiro atoms. The average Bonchev–Trinajstić information content (AvgIpc) is 2.39. The lowest BCUT2D eigenvalue weighted by atomic mass is 9.97. The Kier molecular flexibility index (Phi) is 4.03. The van der Waals surface area contributed by atoms with Gasteiger partial charge in [-0.2, -0.15) is 0 Å². The number of benzene rings is 2. The van der Waals surface area contributed by atoms with Crippen molar-refractivity contribution in [3.63, 3.8) is 0 Å². The zero-order valence-electron chi connectivity index (χ0n) is 13.1. The minimum Gasteiger partial charge on any atom is -0.399 e. The molecule has 0 aliphatic carbocycles. The normalized spacial score (nSPS) is 10.7. The highest BCUT2D eigenvalue weighted by Gasteiger charge is 2.12. The van der Waals surface area contributed by atoms with Gasteiger partial charge >= 0.3 is 0 Å². The molecule has 0 aliphatic rings. The molecular weight excluding hydrogens is 244 g/mol. The van der Waals surface area contributed by atoms with Crippen LogP contribution in [0.15, 0.2) is 30.3 Å². The van der Waals surface area contributed by atoms with E-state index in [1.54, 1.807) is 0 Å². The summed E-state index contributed by atoms with van der Waals surface area (Å²) in [4.78, 5) is 2.33. The molecule has 0 fully saturated rings. The first-order valence-electron chi connectivity index (χ1n) is 7.03. The summed E-state index contributed by atoms with van der Waals surface area (Å²) in [6, 6.07) is 10.4. The summed E-state index contributed by atoms with van der Waals surface area (Å²) >= 11 is 0. The van der Waals surface area contributed by atoms with E-state index in [0.717, 1.165) is 12.2 Å². The second kappa shape index (κ2) is 5.58. The fourth-order valence-electron chi connectivity index (χ4n) is 2.74. The minimum absolute atomic E-state index is 0.815. The fourth-order valence-corrected chi connectivity index (χ4v) is 2.74. The summed E-state index contributed by atoms with van der Waals surface area (Å²) in [5.74, 6) is 0. The Morgan fingerprint density at radius 3 is 1.90 bits per heavy atom. The van der Waals surface area contributed by atoms with Crippen LogP contribution in [0.1, 0.15) is 27.8 Å². The Bertz CT molecular complexity index is 586. The molecule has 0 amide bonds. The van der Waals surface area contributed by atoms with Gasteiger partial charge in [-0.25, -0.2) is 0 Å². The first-order valence-corrected chi connectivity index (χ1v) is 7.03. The smallest absolute Gasteiger partial charge is 0.0431 e. The van der Waals surface area contributed by atoms with Gasteiger partial charge in [-0.1, -0.05) is 18.2 Å². The van der Waals surface area contributed by atoms with Gasteiger partial charge in [-0.05, 0) is 67.6 Å². The molecule has 0 unspecified atom stereocenters. The fraction of sp³-hybridized carbons (Fsp3) is 0.333. The molecule has 0 aliphatic heterocycles. The third-order valence-corrected chi connectivity index (χ3v) is 4.11. The zero-order chi connectivity index (χ0) is 14.9. The summed E-state index contributed by atoms with van der Waals surface area (Å²) in [7, 11) is 2.16. The molecule has 0 radical (unpaired) electrons. The van der Waals surface area contributed by atoms with Crippen LogP contribution in [0.4, 0.5) is 11.4 Å². The lowest BCUT2D eigenvalue weighted by Gasteiger charge is -2.26. The van der Waals surface area contributed by atoms with E-state index in [1.165, 1.54) is 33.5 Å². The number of nitrogens with zero attached hydrogens (tertiary/aromatic N) is 1. The number of anilines is 2. The quantitative estimate of drug-likeness (QED) is 0.848. The molecule has 20 heavy (non-hydrogen) atoms. The summed E-state index contributed by atoms with van der Waals surface area (Å²) < 4.78 is 0. The number of nitrogens with two attached hydrogens (primary N) is 1. The highest BCUT2D eigenvalue weighted by molar-refractivity contribution is 5.63. The summed E-state index contributed by atoms with van der Waals surface area (Å²) in [5.41, 5.74) is 14.6. The molecule has 0 saturated heterocycles. The second-order valence-electron chi connectivity index (χ2n) is 5.71. The van der Waals surface area contributed by atoms with Crippen LogP contribution in [0.25, 0.3) is 0 Å². The van der Waals surface area contributed by atoms with Crippen molar-refractivity contribution in [2.75, 3.05) is 17.7 Å². The van der Waals surface area contributed by atoms with Crippen molar-refractivity contribution in [2.24, 2.45) is 0 Å². The highest BCUT2D eigenvalue weighted by atomic mass is 15.1. The molecule has 2 nitrogen and oxygen atoms in total. The molecule has 2 N–H and O–H groups in total. The zero-order valence-corrected chi connectivity index (χ0v) is 13.1. The van der Waals surface area contributed by atoms with E-state index in [1.807, 2.05) is 12.1 Å². The van der Waals surface area contributed by atoms with Crippen molar-refractivity contribution < 1.29 is 0 Å². The number of nitrogen functional groups attached to an aromatic ring is 1. The van der Waals surface area contributed by atoms with Gasteiger partial charge in [0.1, 0.15) is 0 Å². The third kappa shape index (κ3) is 2.79. The van der Waals surface area contributed by atoms with Gasteiger partial charge in [0.25, 0.3) is 0 Å². The van der Waals surface area contributed by atoms with Crippen LogP contribution in [-0.2, 0) is 6.54 Å². The van der Waals surface area contributed by atoms with Crippen LogP contribution in [-0.4, -0.2) is 7.05 Å². The average molecular weight is 268 g/mol. The Balaban J connectivity index is 2.34. The number of hydrogen-bond donors (Lipinski definition) is 1. The Labute approximate surface area is 122 Å². The summed E-state index contributed by atoms with van der Waals surface area (Å²) in [5, 5.41) is 0. The predicted molar refractivity (Wildman–Crippen MR) is 88.4 cm³/mol. The van der Waals surface area contributed by atoms with Crippen LogP contribution in [0.3, 0.4) is 0 Å². The number of rotatable bonds is 3. The van der Waals surface area contributed by atoms with Crippen molar-refractivity contribution in [2.45, 2.75) is 34.2 Å². The molecule has 0 bridgehead atoms. The SMILES string of the molecule is Cc1cc(C)c(C)c(N(C)Cc2ccc(N)cc2)c1C. The van der Waals surface area contributed by atoms with E-state index in [4.69, 9.17) is 5.73 Å². The molecule has 106 valence electrons. The van der Waals surface area contributed by atoms with Crippen molar-refractivity contribution >= 4 is 11.4 Å². The second-order valence-corrected chi connectivity index (χ2v) is 5.71. The predicted octanol–water partition coefficient (Wildman–Crippen LogP) is 4.14. The van der Waals surface area contributed by atoms with Crippen molar-refractivity contribution in [3.05, 3.63) is 58.1 Å². The maximum atomic E-state index is 5.74. The molecule has 0 aromatic heterocycles. The highest BCUT2D eigenvalue weighted by Crippen LogP contribution is 2.30. The molecule has 0 heterocycles. The monoisotopic (exact) mass is 268 g/mol. The largest absolute Gasteiger partial charge is 0.399 e. The lowest BCUT2D eigenvalue weighted by Crippen LogP contribution is -2.19. The van der Waals surface area contributed by atoms with Gasteiger partial charge in [0, 0.05) is 25.0 Å². The molecule has 2 heteroatoms. The van der Waals surface area contributed by atoms with Gasteiger partial charge in [-0.15, -0.1) is 0 Å². The maximum absolute atomic E-state index is 5.74. The molecule has 2 rings (SSSR count). The van der Waals surface area contributed by atoms with E-state index in [-0.39, 0.29) is 0 Å². The van der Waals surface area contributed by atoms with Crippen LogP contribution < -0.4 is 10.6 Å². The van der Waals surface area contributed by atoms with Crippen molar-refractivity contribution in [3.8, 4) is 0 Å². The third-order valence-electron chi connectivity index (χ3n) is 4.11. The first-order chi connectivity index (χ1) is 9.40. The minimum atomic E-state index is 0.815. The lowest BCUT2D eigenvalue weighted by molar-refractivity contribution is 0.907. The Morgan fingerprint density at radius 1 is 0.900 bits per heavy atom. The maximum Gasteiger partial charge on any atom is 0.0431 e. The van der Waals surface area contributed by atoms with Gasteiger partial charge < -0.3 is 10.6 Å². The standard InChI is InChI=1S/C18H24N2/c1-12-10-13(2)15(4)18(14(12)3)20(5)11-16-6-8-17(19)9-7-16/h6-10H,11,19H2,1-5H3. The number of aryl methyl sites for hydroxylation is 2.